The number of amides is 1. The summed E-state index contributed by atoms with van der Waals surface area (Å²) in [4.78, 5) is 24.5. The molecular formula is C16H15N3O3. The third-order valence-corrected chi connectivity index (χ3v) is 3.38. The van der Waals surface area contributed by atoms with Crippen LogP contribution < -0.4 is 10.9 Å². The van der Waals surface area contributed by atoms with Gasteiger partial charge in [-0.2, -0.15) is 0 Å². The zero-order valence-electron chi connectivity index (χ0n) is 12.3. The van der Waals surface area contributed by atoms with Gasteiger partial charge in [-0.15, -0.1) is 0 Å². The van der Waals surface area contributed by atoms with Gasteiger partial charge >= 0.3 is 0 Å². The normalized spacial score (nSPS) is 10.8. The van der Waals surface area contributed by atoms with Crippen molar-refractivity contribution in [3.63, 3.8) is 0 Å². The van der Waals surface area contributed by atoms with E-state index < -0.39 is 0 Å². The van der Waals surface area contributed by atoms with Gasteiger partial charge < -0.3 is 9.84 Å². The predicted molar refractivity (Wildman–Crippen MR) is 82.8 cm³/mol. The van der Waals surface area contributed by atoms with Crippen LogP contribution in [0.4, 0.5) is 5.82 Å². The van der Waals surface area contributed by atoms with Crippen molar-refractivity contribution >= 4 is 22.6 Å². The number of pyridine rings is 1. The van der Waals surface area contributed by atoms with Crippen LogP contribution in [0.3, 0.4) is 0 Å². The van der Waals surface area contributed by atoms with Crippen LogP contribution in [0, 0.1) is 13.8 Å². The number of nitrogens with zero attached hydrogens (tertiary/aromatic N) is 2. The number of rotatable bonds is 3. The number of carbonyl (C=O) groups excluding carboxylic acids is 1. The standard InChI is InChI=1S/C16H15N3O3/c1-10-7-12-5-3-4-6-13(12)19(16(10)21)9-15(20)17-14-8-11(2)22-18-14/h3-8H,9H2,1-2H3,(H,17,18,20). The van der Waals surface area contributed by atoms with Gasteiger partial charge in [-0.05, 0) is 31.4 Å². The van der Waals surface area contributed by atoms with Gasteiger partial charge in [0, 0.05) is 11.6 Å². The molecule has 1 aromatic carbocycles. The zero-order chi connectivity index (χ0) is 15.7. The van der Waals surface area contributed by atoms with E-state index in [1.165, 1.54) is 4.57 Å². The van der Waals surface area contributed by atoms with Gasteiger partial charge in [0.2, 0.25) is 5.91 Å². The molecule has 0 atom stereocenters. The molecular weight excluding hydrogens is 282 g/mol. The average Bonchev–Trinajstić information content (AvgIpc) is 2.89. The quantitative estimate of drug-likeness (QED) is 0.804. The molecule has 1 N–H and O–H groups in total. The maximum Gasteiger partial charge on any atom is 0.254 e. The second-order valence-corrected chi connectivity index (χ2v) is 5.15. The molecule has 3 aromatic rings. The first-order valence-electron chi connectivity index (χ1n) is 6.87. The van der Waals surface area contributed by atoms with Crippen molar-refractivity contribution in [1.29, 1.82) is 0 Å². The molecule has 2 heterocycles. The van der Waals surface area contributed by atoms with Crippen LogP contribution in [-0.2, 0) is 11.3 Å². The Kier molecular flexibility index (Phi) is 3.50. The van der Waals surface area contributed by atoms with Crippen molar-refractivity contribution in [3.8, 4) is 0 Å². The molecule has 0 spiro atoms. The lowest BCUT2D eigenvalue weighted by molar-refractivity contribution is -0.116. The fourth-order valence-electron chi connectivity index (χ4n) is 2.38. The van der Waals surface area contributed by atoms with E-state index >= 15 is 0 Å². The SMILES string of the molecule is Cc1cc(NC(=O)Cn2c(=O)c(C)cc3ccccc32)no1. The maximum atomic E-state index is 12.3. The smallest absolute Gasteiger partial charge is 0.254 e. The van der Waals surface area contributed by atoms with Crippen molar-refractivity contribution < 1.29 is 9.32 Å². The van der Waals surface area contributed by atoms with Gasteiger partial charge in [0.05, 0.1) is 5.52 Å². The molecule has 0 radical (unpaired) electrons. The summed E-state index contributed by atoms with van der Waals surface area (Å²) in [5.41, 5.74) is 1.15. The minimum absolute atomic E-state index is 0.0765. The van der Waals surface area contributed by atoms with E-state index in [0.717, 1.165) is 10.9 Å². The summed E-state index contributed by atoms with van der Waals surface area (Å²) in [6.07, 6.45) is 0. The fourth-order valence-corrected chi connectivity index (χ4v) is 2.38. The minimum Gasteiger partial charge on any atom is -0.360 e. The Bertz CT molecular complexity index is 908. The summed E-state index contributed by atoms with van der Waals surface area (Å²) in [5, 5.41) is 7.25. The van der Waals surface area contributed by atoms with Crippen LogP contribution >= 0.6 is 0 Å². The molecule has 0 bridgehead atoms. The number of nitrogens with one attached hydrogen (secondary N) is 1. The van der Waals surface area contributed by atoms with Gasteiger partial charge in [0.1, 0.15) is 12.3 Å². The minimum atomic E-state index is -0.328. The molecule has 0 aliphatic carbocycles. The molecule has 0 saturated heterocycles. The molecule has 6 nitrogen and oxygen atoms in total. The lowest BCUT2D eigenvalue weighted by Gasteiger charge is -2.11. The highest BCUT2D eigenvalue weighted by atomic mass is 16.5. The number of hydrogen-bond acceptors (Lipinski definition) is 4. The summed E-state index contributed by atoms with van der Waals surface area (Å²) in [6, 6.07) is 10.9. The first-order valence-corrected chi connectivity index (χ1v) is 6.87. The second kappa shape index (κ2) is 5.48. The van der Waals surface area contributed by atoms with E-state index in [1.807, 2.05) is 30.3 Å². The molecule has 2 aromatic heterocycles. The molecule has 112 valence electrons. The summed E-state index contributed by atoms with van der Waals surface area (Å²) in [5.74, 6) is 0.618. The molecule has 1 amide bonds. The largest absolute Gasteiger partial charge is 0.360 e. The Morgan fingerprint density at radius 2 is 2.05 bits per heavy atom. The van der Waals surface area contributed by atoms with E-state index in [0.29, 0.717) is 17.1 Å². The number of carbonyl (C=O) groups is 1. The monoisotopic (exact) mass is 297 g/mol. The van der Waals surface area contributed by atoms with Crippen LogP contribution in [0.25, 0.3) is 10.9 Å². The average molecular weight is 297 g/mol. The Morgan fingerprint density at radius 1 is 1.27 bits per heavy atom. The van der Waals surface area contributed by atoms with E-state index in [9.17, 15) is 9.59 Å². The molecule has 3 rings (SSSR count). The van der Waals surface area contributed by atoms with Crippen LogP contribution in [0.15, 0.2) is 45.7 Å². The van der Waals surface area contributed by atoms with Crippen molar-refractivity contribution in [3.05, 3.63) is 58.1 Å². The highest BCUT2D eigenvalue weighted by molar-refractivity contribution is 5.91. The first-order chi connectivity index (χ1) is 10.5. The Labute approximate surface area is 126 Å². The number of anilines is 1. The van der Waals surface area contributed by atoms with Crippen molar-refractivity contribution in [1.82, 2.24) is 9.72 Å². The van der Waals surface area contributed by atoms with Crippen molar-refractivity contribution in [2.75, 3.05) is 5.32 Å². The fraction of sp³-hybridized carbons (Fsp3) is 0.188. The van der Waals surface area contributed by atoms with E-state index in [1.54, 1.807) is 19.9 Å². The van der Waals surface area contributed by atoms with Crippen LogP contribution in [0.1, 0.15) is 11.3 Å². The molecule has 22 heavy (non-hydrogen) atoms. The number of hydrogen-bond donors (Lipinski definition) is 1. The summed E-state index contributed by atoms with van der Waals surface area (Å²) in [7, 11) is 0. The lowest BCUT2D eigenvalue weighted by Crippen LogP contribution is -2.29. The van der Waals surface area contributed by atoms with Gasteiger partial charge in [-0.3, -0.25) is 14.2 Å². The second-order valence-electron chi connectivity index (χ2n) is 5.15. The lowest BCUT2D eigenvalue weighted by atomic mass is 10.1. The third-order valence-electron chi connectivity index (χ3n) is 3.38. The van der Waals surface area contributed by atoms with E-state index in [4.69, 9.17) is 4.52 Å². The Balaban J connectivity index is 1.94. The van der Waals surface area contributed by atoms with Crippen LogP contribution in [0.5, 0.6) is 0 Å². The van der Waals surface area contributed by atoms with E-state index in [2.05, 4.69) is 10.5 Å². The van der Waals surface area contributed by atoms with Gasteiger partial charge in [-0.1, -0.05) is 23.4 Å². The molecule has 0 fully saturated rings. The first kappa shape index (κ1) is 14.1. The number of aromatic nitrogens is 2. The van der Waals surface area contributed by atoms with Gasteiger partial charge in [-0.25, -0.2) is 0 Å². The predicted octanol–water partition coefficient (Wildman–Crippen LogP) is 2.25. The number of benzene rings is 1. The summed E-state index contributed by atoms with van der Waals surface area (Å²) < 4.78 is 6.36. The third kappa shape index (κ3) is 2.63. The number of fused-ring (bicyclic) bond motifs is 1. The van der Waals surface area contributed by atoms with Crippen LogP contribution in [0.2, 0.25) is 0 Å². The van der Waals surface area contributed by atoms with Crippen molar-refractivity contribution in [2.24, 2.45) is 0 Å². The summed E-state index contributed by atoms with van der Waals surface area (Å²) >= 11 is 0. The van der Waals surface area contributed by atoms with E-state index in [-0.39, 0.29) is 18.0 Å². The molecule has 0 aliphatic rings. The Morgan fingerprint density at radius 3 is 2.77 bits per heavy atom. The van der Waals surface area contributed by atoms with Gasteiger partial charge in [0.15, 0.2) is 5.82 Å². The highest BCUT2D eigenvalue weighted by Crippen LogP contribution is 2.13. The van der Waals surface area contributed by atoms with Crippen LogP contribution in [-0.4, -0.2) is 15.6 Å². The maximum absolute atomic E-state index is 12.3. The number of aryl methyl sites for hydroxylation is 2. The Hall–Kier alpha value is -2.89. The zero-order valence-corrected chi connectivity index (χ0v) is 12.3. The summed E-state index contributed by atoms with van der Waals surface area (Å²) in [6.45, 7) is 3.40. The number of para-hydroxylation sites is 1. The van der Waals surface area contributed by atoms with Gasteiger partial charge in [0.25, 0.3) is 5.56 Å². The molecule has 6 heteroatoms. The molecule has 0 aliphatic heterocycles. The van der Waals surface area contributed by atoms with Crippen molar-refractivity contribution in [2.45, 2.75) is 20.4 Å². The highest BCUT2D eigenvalue weighted by Gasteiger charge is 2.11. The molecule has 0 unspecified atom stereocenters. The topological polar surface area (TPSA) is 77.1 Å². The molecule has 0 saturated carbocycles.